The minimum atomic E-state index is -4.41. The summed E-state index contributed by atoms with van der Waals surface area (Å²) in [5, 5.41) is 8.47. The van der Waals surface area contributed by atoms with E-state index in [4.69, 9.17) is 0 Å². The molecule has 0 saturated heterocycles. The first-order valence-electron chi connectivity index (χ1n) is 8.75. The number of anilines is 3. The molecule has 0 saturated carbocycles. The van der Waals surface area contributed by atoms with Gasteiger partial charge in [-0.3, -0.25) is 9.59 Å². The summed E-state index contributed by atoms with van der Waals surface area (Å²) in [6, 6.07) is 9.35. The first kappa shape index (κ1) is 20.2. The number of aromatic nitrogens is 2. The molecule has 3 aromatic rings. The number of hydrogen-bond donors (Lipinski definition) is 4. The number of nitrogens with zero attached hydrogens (tertiary/aromatic N) is 1. The van der Waals surface area contributed by atoms with Crippen LogP contribution in [0.4, 0.5) is 30.5 Å². The zero-order chi connectivity index (χ0) is 21.0. The molecule has 2 aromatic heterocycles. The first-order chi connectivity index (χ1) is 13.8. The molecular weight excluding hydrogens is 387 g/mol. The van der Waals surface area contributed by atoms with Crippen molar-refractivity contribution in [2.75, 3.05) is 23.7 Å². The third kappa shape index (κ3) is 5.03. The Kier molecular flexibility index (Phi) is 5.71. The van der Waals surface area contributed by atoms with Crippen molar-refractivity contribution in [3.63, 3.8) is 0 Å². The van der Waals surface area contributed by atoms with E-state index >= 15 is 0 Å². The molecule has 29 heavy (non-hydrogen) atoms. The highest BCUT2D eigenvalue weighted by Crippen LogP contribution is 2.26. The topological polar surface area (TPSA) is 98.9 Å². The van der Waals surface area contributed by atoms with Crippen LogP contribution < -0.4 is 21.5 Å². The Bertz CT molecular complexity index is 1080. The van der Waals surface area contributed by atoms with Crippen molar-refractivity contribution in [3.8, 4) is 0 Å². The maximum absolute atomic E-state index is 12.5. The van der Waals surface area contributed by atoms with Crippen LogP contribution in [0.3, 0.4) is 0 Å². The molecule has 3 rings (SSSR count). The van der Waals surface area contributed by atoms with Crippen LogP contribution in [-0.2, 0) is 0 Å². The molecule has 0 aliphatic heterocycles. The number of alkyl halides is 3. The average Bonchev–Trinajstić information content (AvgIpc) is 2.66. The van der Waals surface area contributed by atoms with Crippen LogP contribution in [0.25, 0.3) is 10.8 Å². The molecule has 0 atom stereocenters. The number of aromatic amines is 1. The lowest BCUT2D eigenvalue weighted by Crippen LogP contribution is -2.22. The molecule has 0 aliphatic carbocycles. The van der Waals surface area contributed by atoms with Gasteiger partial charge in [-0.1, -0.05) is 0 Å². The number of nitrogens with one attached hydrogen (secondary N) is 4. The van der Waals surface area contributed by atoms with Crippen LogP contribution in [0.5, 0.6) is 0 Å². The van der Waals surface area contributed by atoms with E-state index in [0.717, 1.165) is 0 Å². The number of amides is 1. The van der Waals surface area contributed by atoms with Gasteiger partial charge in [0.05, 0.1) is 5.39 Å². The maximum atomic E-state index is 12.5. The van der Waals surface area contributed by atoms with Crippen LogP contribution in [-0.4, -0.2) is 35.1 Å². The number of hydrogen-bond acceptors (Lipinski definition) is 5. The van der Waals surface area contributed by atoms with Crippen LogP contribution in [0.15, 0.2) is 47.4 Å². The highest BCUT2D eigenvalue weighted by molar-refractivity contribution is 5.96. The van der Waals surface area contributed by atoms with Gasteiger partial charge in [-0.05, 0) is 48.7 Å². The van der Waals surface area contributed by atoms with Gasteiger partial charge >= 0.3 is 6.18 Å². The van der Waals surface area contributed by atoms with Gasteiger partial charge in [-0.25, -0.2) is 4.98 Å². The van der Waals surface area contributed by atoms with Crippen LogP contribution >= 0.6 is 0 Å². The number of carbonyl (C=O) groups is 1. The number of H-pyrrole nitrogens is 1. The fraction of sp³-hybridized carbons (Fsp3) is 0.211. The Balaban J connectivity index is 1.94. The van der Waals surface area contributed by atoms with Crippen molar-refractivity contribution in [3.05, 3.63) is 58.5 Å². The van der Waals surface area contributed by atoms with Crippen LogP contribution in [0.2, 0.25) is 0 Å². The van der Waals surface area contributed by atoms with Crippen LogP contribution in [0, 0.1) is 0 Å². The molecule has 10 heteroatoms. The Labute approximate surface area is 163 Å². The second-order valence-electron chi connectivity index (χ2n) is 6.16. The first-order valence-corrected chi connectivity index (χ1v) is 8.75. The second-order valence-corrected chi connectivity index (χ2v) is 6.16. The summed E-state index contributed by atoms with van der Waals surface area (Å²) >= 11 is 0. The van der Waals surface area contributed by atoms with Crippen molar-refractivity contribution >= 4 is 34.0 Å². The number of pyridine rings is 2. The summed E-state index contributed by atoms with van der Waals surface area (Å²) in [6.07, 6.45) is -3.00. The second kappa shape index (κ2) is 8.21. The van der Waals surface area contributed by atoms with Gasteiger partial charge in [-0.15, -0.1) is 0 Å². The van der Waals surface area contributed by atoms with Crippen molar-refractivity contribution in [1.82, 2.24) is 15.3 Å². The quantitative estimate of drug-likeness (QED) is 0.504. The van der Waals surface area contributed by atoms with Gasteiger partial charge in [0.2, 0.25) is 0 Å². The zero-order valence-electron chi connectivity index (χ0n) is 15.4. The lowest BCUT2D eigenvalue weighted by atomic mass is 10.1. The number of benzene rings is 1. The summed E-state index contributed by atoms with van der Waals surface area (Å²) in [6.45, 7) is 1.05. The SMILES string of the molecule is CCNC(=O)c1ccc(Nc2nc(NCC(F)(F)F)cc3cc[nH]c(=O)c23)cc1. The minimum Gasteiger partial charge on any atom is -0.361 e. The van der Waals surface area contributed by atoms with Crippen LogP contribution in [0.1, 0.15) is 17.3 Å². The highest BCUT2D eigenvalue weighted by Gasteiger charge is 2.27. The molecule has 7 nitrogen and oxygen atoms in total. The largest absolute Gasteiger partial charge is 0.405 e. The summed E-state index contributed by atoms with van der Waals surface area (Å²) < 4.78 is 37.6. The lowest BCUT2D eigenvalue weighted by Gasteiger charge is -2.13. The minimum absolute atomic E-state index is 0.0260. The van der Waals surface area contributed by atoms with Gasteiger partial charge in [0.1, 0.15) is 18.2 Å². The van der Waals surface area contributed by atoms with Gasteiger partial charge in [-0.2, -0.15) is 13.2 Å². The Morgan fingerprint density at radius 3 is 2.55 bits per heavy atom. The van der Waals surface area contributed by atoms with E-state index in [9.17, 15) is 22.8 Å². The van der Waals surface area contributed by atoms with E-state index in [1.807, 2.05) is 6.92 Å². The number of carbonyl (C=O) groups excluding carboxylic acids is 1. The van der Waals surface area contributed by atoms with Crippen molar-refractivity contribution in [2.45, 2.75) is 13.1 Å². The number of halogens is 3. The molecule has 0 fully saturated rings. The van der Waals surface area contributed by atoms with Crippen molar-refractivity contribution in [2.24, 2.45) is 0 Å². The van der Waals surface area contributed by atoms with Gasteiger partial charge < -0.3 is 20.9 Å². The Morgan fingerprint density at radius 2 is 1.90 bits per heavy atom. The van der Waals surface area contributed by atoms with Gasteiger partial charge in [0, 0.05) is 24.0 Å². The number of rotatable bonds is 6. The highest BCUT2D eigenvalue weighted by atomic mass is 19.4. The molecule has 2 heterocycles. The zero-order valence-corrected chi connectivity index (χ0v) is 15.4. The lowest BCUT2D eigenvalue weighted by molar-refractivity contribution is -0.115. The Morgan fingerprint density at radius 1 is 1.17 bits per heavy atom. The molecule has 4 N–H and O–H groups in total. The van der Waals surface area contributed by atoms with E-state index in [1.165, 1.54) is 12.3 Å². The molecule has 0 aliphatic rings. The fourth-order valence-electron chi connectivity index (χ4n) is 2.69. The predicted octanol–water partition coefficient (Wildman–Crippen LogP) is 3.39. The van der Waals surface area contributed by atoms with E-state index in [2.05, 4.69) is 25.9 Å². The molecule has 0 bridgehead atoms. The summed E-state index contributed by atoms with van der Waals surface area (Å²) in [5.41, 5.74) is 0.538. The normalized spacial score (nSPS) is 11.3. The van der Waals surface area contributed by atoms with E-state index < -0.39 is 18.3 Å². The molecule has 0 spiro atoms. The summed E-state index contributed by atoms with van der Waals surface area (Å²) in [4.78, 5) is 30.7. The predicted molar refractivity (Wildman–Crippen MR) is 105 cm³/mol. The standard InChI is InChI=1S/C19H18F3N5O2/c1-2-23-17(28)11-3-5-13(6-4-11)26-16-15-12(7-8-24-18(15)29)9-14(27-16)25-10-19(20,21)22/h3-9H,2,10H2,1H3,(H,23,28)(H,24,29)(H2,25,26,27). The van der Waals surface area contributed by atoms with E-state index in [-0.39, 0.29) is 22.9 Å². The third-order valence-corrected chi connectivity index (χ3v) is 3.97. The molecule has 152 valence electrons. The smallest absolute Gasteiger partial charge is 0.361 e. The number of fused-ring (bicyclic) bond motifs is 1. The van der Waals surface area contributed by atoms with E-state index in [1.54, 1.807) is 30.3 Å². The van der Waals surface area contributed by atoms with Gasteiger partial charge in [0.15, 0.2) is 0 Å². The Hall–Kier alpha value is -3.56. The van der Waals surface area contributed by atoms with Gasteiger partial charge in [0.25, 0.3) is 11.5 Å². The fourth-order valence-corrected chi connectivity index (χ4v) is 2.69. The molecular formula is C19H18F3N5O2. The monoisotopic (exact) mass is 405 g/mol. The maximum Gasteiger partial charge on any atom is 0.405 e. The average molecular weight is 405 g/mol. The molecule has 1 amide bonds. The molecule has 0 unspecified atom stereocenters. The van der Waals surface area contributed by atoms with Crippen molar-refractivity contribution < 1.29 is 18.0 Å². The summed E-state index contributed by atoms with van der Waals surface area (Å²) in [7, 11) is 0. The molecule has 0 radical (unpaired) electrons. The van der Waals surface area contributed by atoms with E-state index in [0.29, 0.717) is 23.2 Å². The molecule has 1 aromatic carbocycles. The summed E-state index contributed by atoms with van der Waals surface area (Å²) in [5.74, 6) is -0.154. The van der Waals surface area contributed by atoms with Crippen molar-refractivity contribution in [1.29, 1.82) is 0 Å². The third-order valence-electron chi connectivity index (χ3n) is 3.97.